The van der Waals surface area contributed by atoms with Gasteiger partial charge in [0.2, 0.25) is 0 Å². The lowest BCUT2D eigenvalue weighted by atomic mass is 10.0. The molecular formula is C15H20N2O. The van der Waals surface area contributed by atoms with Gasteiger partial charge in [0.05, 0.1) is 19.1 Å². The van der Waals surface area contributed by atoms with Gasteiger partial charge in [0.15, 0.2) is 0 Å². The molecule has 1 fully saturated rings. The second kappa shape index (κ2) is 5.88. The van der Waals surface area contributed by atoms with Crippen LogP contribution in [0.5, 0.6) is 5.75 Å². The number of nitrogens with one attached hydrogen (secondary N) is 1. The monoisotopic (exact) mass is 244 g/mol. The van der Waals surface area contributed by atoms with E-state index in [9.17, 15) is 0 Å². The van der Waals surface area contributed by atoms with E-state index in [1.807, 2.05) is 12.1 Å². The fourth-order valence-corrected chi connectivity index (χ4v) is 2.62. The van der Waals surface area contributed by atoms with Gasteiger partial charge in [0.1, 0.15) is 5.75 Å². The van der Waals surface area contributed by atoms with Crippen LogP contribution in [0.2, 0.25) is 0 Å². The molecule has 1 aliphatic rings. The van der Waals surface area contributed by atoms with Crippen molar-refractivity contribution in [1.82, 2.24) is 5.32 Å². The molecule has 3 heteroatoms. The standard InChI is InChI=1S/C15H20N2O/c1-11(12-6-8-14(18-2)9-7-12)17-15-5-3-4-13(15)10-16/h6-9,11,13,15,17H,3-5H2,1-2H3/t11-,13?,15?/m1/s1. The van der Waals surface area contributed by atoms with Crippen LogP contribution in [0.4, 0.5) is 0 Å². The van der Waals surface area contributed by atoms with Gasteiger partial charge < -0.3 is 10.1 Å². The van der Waals surface area contributed by atoms with Crippen molar-refractivity contribution in [3.05, 3.63) is 29.8 Å². The van der Waals surface area contributed by atoms with Crippen LogP contribution in [0.25, 0.3) is 0 Å². The summed E-state index contributed by atoms with van der Waals surface area (Å²) < 4.78 is 5.15. The van der Waals surface area contributed by atoms with E-state index >= 15 is 0 Å². The number of ether oxygens (including phenoxy) is 1. The van der Waals surface area contributed by atoms with Gasteiger partial charge in [-0.1, -0.05) is 18.6 Å². The number of benzene rings is 1. The maximum atomic E-state index is 9.08. The van der Waals surface area contributed by atoms with Crippen LogP contribution >= 0.6 is 0 Å². The Bertz CT molecular complexity index is 421. The second-order valence-electron chi connectivity index (χ2n) is 4.93. The van der Waals surface area contributed by atoms with E-state index < -0.39 is 0 Å². The average Bonchev–Trinajstić information content (AvgIpc) is 2.86. The van der Waals surface area contributed by atoms with Gasteiger partial charge in [-0.15, -0.1) is 0 Å². The summed E-state index contributed by atoms with van der Waals surface area (Å²) >= 11 is 0. The molecule has 1 N–H and O–H groups in total. The zero-order valence-corrected chi connectivity index (χ0v) is 11.0. The summed E-state index contributed by atoms with van der Waals surface area (Å²) in [5.41, 5.74) is 1.24. The van der Waals surface area contributed by atoms with Crippen LogP contribution in [0.1, 0.15) is 37.8 Å². The third-order valence-corrected chi connectivity index (χ3v) is 3.76. The van der Waals surface area contributed by atoms with Crippen LogP contribution in [0.15, 0.2) is 24.3 Å². The Morgan fingerprint density at radius 2 is 2.06 bits per heavy atom. The first-order valence-electron chi connectivity index (χ1n) is 6.54. The number of nitrogens with zero attached hydrogens (tertiary/aromatic N) is 1. The summed E-state index contributed by atoms with van der Waals surface area (Å²) in [4.78, 5) is 0. The van der Waals surface area contributed by atoms with Crippen LogP contribution in [-0.2, 0) is 0 Å². The number of nitriles is 1. The van der Waals surface area contributed by atoms with Gasteiger partial charge in [-0.3, -0.25) is 0 Å². The van der Waals surface area contributed by atoms with Crippen molar-refractivity contribution < 1.29 is 4.74 Å². The molecule has 2 unspecified atom stereocenters. The fourth-order valence-electron chi connectivity index (χ4n) is 2.62. The molecule has 0 aromatic heterocycles. The van der Waals surface area contributed by atoms with Gasteiger partial charge in [0, 0.05) is 12.1 Å². The Hall–Kier alpha value is -1.53. The van der Waals surface area contributed by atoms with E-state index in [0.29, 0.717) is 6.04 Å². The van der Waals surface area contributed by atoms with Crippen molar-refractivity contribution in [3.63, 3.8) is 0 Å². The van der Waals surface area contributed by atoms with Crippen molar-refractivity contribution in [2.75, 3.05) is 7.11 Å². The molecule has 0 bridgehead atoms. The lowest BCUT2D eigenvalue weighted by Gasteiger charge is -2.22. The van der Waals surface area contributed by atoms with Crippen molar-refractivity contribution in [2.24, 2.45) is 5.92 Å². The average molecular weight is 244 g/mol. The highest BCUT2D eigenvalue weighted by Crippen LogP contribution is 2.27. The third kappa shape index (κ3) is 2.83. The molecule has 0 amide bonds. The van der Waals surface area contributed by atoms with Crippen molar-refractivity contribution in [2.45, 2.75) is 38.3 Å². The molecule has 1 aromatic carbocycles. The second-order valence-corrected chi connectivity index (χ2v) is 4.93. The smallest absolute Gasteiger partial charge is 0.118 e. The maximum Gasteiger partial charge on any atom is 0.118 e. The van der Waals surface area contributed by atoms with Gasteiger partial charge in [0.25, 0.3) is 0 Å². The molecule has 0 spiro atoms. The van der Waals surface area contributed by atoms with E-state index in [1.54, 1.807) is 7.11 Å². The first-order valence-corrected chi connectivity index (χ1v) is 6.54. The molecule has 2 rings (SSSR count). The predicted octanol–water partition coefficient (Wildman–Crippen LogP) is 3.04. The Kier molecular flexibility index (Phi) is 4.22. The molecule has 1 aromatic rings. The topological polar surface area (TPSA) is 45.0 Å². The summed E-state index contributed by atoms with van der Waals surface area (Å²) in [6, 6.07) is 11.1. The lowest BCUT2D eigenvalue weighted by Crippen LogP contribution is -2.33. The number of hydrogen-bond acceptors (Lipinski definition) is 3. The first kappa shape index (κ1) is 12.9. The molecule has 18 heavy (non-hydrogen) atoms. The summed E-state index contributed by atoms with van der Waals surface area (Å²) in [5, 5.41) is 12.7. The molecular weight excluding hydrogens is 224 g/mol. The van der Waals surface area contributed by atoms with E-state index in [1.165, 1.54) is 5.56 Å². The molecule has 1 aliphatic carbocycles. The minimum Gasteiger partial charge on any atom is -0.497 e. The van der Waals surface area contributed by atoms with E-state index in [-0.39, 0.29) is 12.0 Å². The van der Waals surface area contributed by atoms with Crippen LogP contribution in [0.3, 0.4) is 0 Å². The van der Waals surface area contributed by atoms with Crippen molar-refractivity contribution in [3.8, 4) is 11.8 Å². The zero-order chi connectivity index (χ0) is 13.0. The minimum absolute atomic E-state index is 0.172. The molecule has 0 aliphatic heterocycles. The van der Waals surface area contributed by atoms with Crippen LogP contribution < -0.4 is 10.1 Å². The lowest BCUT2D eigenvalue weighted by molar-refractivity contribution is 0.410. The molecule has 0 radical (unpaired) electrons. The summed E-state index contributed by atoms with van der Waals surface area (Å²) in [7, 11) is 1.67. The first-order chi connectivity index (χ1) is 8.74. The van der Waals surface area contributed by atoms with Crippen molar-refractivity contribution >= 4 is 0 Å². The number of hydrogen-bond donors (Lipinski definition) is 1. The Labute approximate surface area is 109 Å². The fraction of sp³-hybridized carbons (Fsp3) is 0.533. The summed E-state index contributed by atoms with van der Waals surface area (Å²) in [6.07, 6.45) is 3.30. The van der Waals surface area contributed by atoms with Crippen LogP contribution in [-0.4, -0.2) is 13.2 Å². The Morgan fingerprint density at radius 1 is 1.33 bits per heavy atom. The predicted molar refractivity (Wildman–Crippen MR) is 71.3 cm³/mol. The van der Waals surface area contributed by atoms with Gasteiger partial charge >= 0.3 is 0 Å². The third-order valence-electron chi connectivity index (χ3n) is 3.76. The number of rotatable bonds is 4. The molecule has 3 atom stereocenters. The highest BCUT2D eigenvalue weighted by atomic mass is 16.5. The highest BCUT2D eigenvalue weighted by Gasteiger charge is 2.28. The van der Waals surface area contributed by atoms with Gasteiger partial charge in [-0.2, -0.15) is 5.26 Å². The van der Waals surface area contributed by atoms with E-state index in [4.69, 9.17) is 10.00 Å². The SMILES string of the molecule is COc1ccc([C@@H](C)NC2CCCC2C#N)cc1. The largest absolute Gasteiger partial charge is 0.497 e. The molecule has 0 saturated heterocycles. The Morgan fingerprint density at radius 3 is 2.67 bits per heavy atom. The number of methoxy groups -OCH3 is 1. The molecule has 3 nitrogen and oxygen atoms in total. The molecule has 1 saturated carbocycles. The van der Waals surface area contributed by atoms with E-state index in [0.717, 1.165) is 25.0 Å². The quantitative estimate of drug-likeness (QED) is 0.885. The molecule has 0 heterocycles. The van der Waals surface area contributed by atoms with E-state index in [2.05, 4.69) is 30.4 Å². The summed E-state index contributed by atoms with van der Waals surface area (Å²) in [5.74, 6) is 1.05. The normalized spacial score (nSPS) is 24.5. The minimum atomic E-state index is 0.172. The Balaban J connectivity index is 1.98. The maximum absolute atomic E-state index is 9.08. The van der Waals surface area contributed by atoms with Gasteiger partial charge in [-0.25, -0.2) is 0 Å². The zero-order valence-electron chi connectivity index (χ0n) is 11.0. The van der Waals surface area contributed by atoms with Crippen LogP contribution in [0, 0.1) is 17.2 Å². The highest BCUT2D eigenvalue weighted by molar-refractivity contribution is 5.29. The van der Waals surface area contributed by atoms with Crippen molar-refractivity contribution in [1.29, 1.82) is 5.26 Å². The van der Waals surface area contributed by atoms with Gasteiger partial charge in [-0.05, 0) is 37.5 Å². The summed E-state index contributed by atoms with van der Waals surface area (Å²) in [6.45, 7) is 2.15. The molecule has 96 valence electrons.